The smallest absolute Gasteiger partial charge is 0.337 e. The largest absolute Gasteiger partial charge is 0.493 e. The summed E-state index contributed by atoms with van der Waals surface area (Å²) in [4.78, 5) is 27.2. The number of methoxy groups -OCH3 is 2. The van der Waals surface area contributed by atoms with Crippen LogP contribution in [0.3, 0.4) is 0 Å². The number of hydrogen-bond donors (Lipinski definition) is 0. The highest BCUT2D eigenvalue weighted by atomic mass is 35.5. The van der Waals surface area contributed by atoms with Gasteiger partial charge in [0.05, 0.1) is 38.3 Å². The van der Waals surface area contributed by atoms with E-state index in [1.807, 2.05) is 43.3 Å². The summed E-state index contributed by atoms with van der Waals surface area (Å²) in [5.74, 6) is 0.735. The average molecular weight is 494 g/mol. The number of halogens is 1. The molecule has 4 rings (SSSR count). The Balaban J connectivity index is 1.87. The molecule has 0 saturated heterocycles. The summed E-state index contributed by atoms with van der Waals surface area (Å²) in [5.41, 5.74) is 3.82. The third kappa shape index (κ3) is 4.98. The summed E-state index contributed by atoms with van der Waals surface area (Å²) in [6.45, 7) is 4.07. The Morgan fingerprint density at radius 1 is 1.06 bits per heavy atom. The number of esters is 1. The van der Waals surface area contributed by atoms with E-state index in [1.165, 1.54) is 7.11 Å². The van der Waals surface area contributed by atoms with E-state index >= 15 is 0 Å². The van der Waals surface area contributed by atoms with Crippen molar-refractivity contribution in [2.75, 3.05) is 19.1 Å². The van der Waals surface area contributed by atoms with Gasteiger partial charge in [-0.15, -0.1) is 0 Å². The summed E-state index contributed by atoms with van der Waals surface area (Å²) in [6.07, 6.45) is 1.05. The normalized spacial score (nSPS) is 15.9. The van der Waals surface area contributed by atoms with Gasteiger partial charge in [0.25, 0.3) is 0 Å². The molecule has 0 spiro atoms. The lowest BCUT2D eigenvalue weighted by Crippen LogP contribution is -2.41. The van der Waals surface area contributed by atoms with Gasteiger partial charge in [0, 0.05) is 10.7 Å². The number of benzene rings is 3. The highest BCUT2D eigenvalue weighted by molar-refractivity contribution is 6.30. The molecule has 3 aromatic carbocycles. The minimum Gasteiger partial charge on any atom is -0.493 e. The molecule has 1 heterocycles. The zero-order valence-electron chi connectivity index (χ0n) is 20.2. The van der Waals surface area contributed by atoms with E-state index in [0.717, 1.165) is 23.1 Å². The van der Waals surface area contributed by atoms with Crippen molar-refractivity contribution in [2.45, 2.75) is 38.8 Å². The summed E-state index contributed by atoms with van der Waals surface area (Å²) in [5, 5.41) is 0.612. The molecule has 0 saturated carbocycles. The zero-order valence-corrected chi connectivity index (χ0v) is 21.0. The first-order valence-electron chi connectivity index (χ1n) is 11.5. The lowest BCUT2D eigenvalue weighted by molar-refractivity contribution is -0.118. The second kappa shape index (κ2) is 10.4. The molecule has 0 bridgehead atoms. The number of rotatable bonds is 7. The lowest BCUT2D eigenvalue weighted by Gasteiger charge is -2.38. The molecule has 35 heavy (non-hydrogen) atoms. The van der Waals surface area contributed by atoms with Crippen molar-refractivity contribution in [3.8, 4) is 11.5 Å². The molecule has 0 fully saturated rings. The van der Waals surface area contributed by atoms with Crippen molar-refractivity contribution in [1.29, 1.82) is 0 Å². The highest BCUT2D eigenvalue weighted by Crippen LogP contribution is 2.43. The van der Waals surface area contributed by atoms with Crippen LogP contribution in [-0.2, 0) is 16.0 Å². The van der Waals surface area contributed by atoms with Crippen molar-refractivity contribution < 1.29 is 23.8 Å². The van der Waals surface area contributed by atoms with Gasteiger partial charge < -0.3 is 19.1 Å². The number of hydrogen-bond acceptors (Lipinski definition) is 5. The van der Waals surface area contributed by atoms with E-state index in [1.54, 1.807) is 36.3 Å². The fraction of sp³-hybridized carbons (Fsp3) is 0.286. The molecule has 7 heteroatoms. The molecule has 6 nitrogen and oxygen atoms in total. The fourth-order valence-electron chi connectivity index (χ4n) is 4.25. The summed E-state index contributed by atoms with van der Waals surface area (Å²) in [6, 6.07) is 17.8. The molecule has 1 aliphatic heterocycles. The standard InChI is InChI=1S/C28H28ClNO5/c1-5-17(2)35-25-16-23-20(14-24(25)33-3)15-26(31)30(27(23)18-6-10-21(29)11-7-18)22-12-8-19(9-13-22)28(32)34-4/h6-14,16-17,27H,5,15H2,1-4H3/t17-,27?/m1/s1. The van der Waals surface area contributed by atoms with Gasteiger partial charge in [0.15, 0.2) is 11.5 Å². The Kier molecular flexibility index (Phi) is 7.31. The van der Waals surface area contributed by atoms with Crippen LogP contribution in [0.25, 0.3) is 0 Å². The SMILES string of the molecule is CC[C@@H](C)Oc1cc2c(cc1OC)CC(=O)N(c1ccc(C(=O)OC)cc1)C2c1ccc(Cl)cc1. The summed E-state index contributed by atoms with van der Waals surface area (Å²) >= 11 is 6.17. The van der Waals surface area contributed by atoms with E-state index in [9.17, 15) is 9.59 Å². The second-order valence-corrected chi connectivity index (χ2v) is 8.91. The maximum Gasteiger partial charge on any atom is 0.337 e. The van der Waals surface area contributed by atoms with Crippen LogP contribution in [0.4, 0.5) is 5.69 Å². The van der Waals surface area contributed by atoms with Gasteiger partial charge in [-0.05, 0) is 78.6 Å². The number of nitrogens with zero attached hydrogens (tertiary/aromatic N) is 1. The minimum atomic E-state index is -0.431. The maximum atomic E-state index is 13.5. The zero-order chi connectivity index (χ0) is 25.1. The van der Waals surface area contributed by atoms with Crippen molar-refractivity contribution >= 4 is 29.2 Å². The topological polar surface area (TPSA) is 65.1 Å². The van der Waals surface area contributed by atoms with Gasteiger partial charge in [-0.2, -0.15) is 0 Å². The molecule has 182 valence electrons. The van der Waals surface area contributed by atoms with E-state index in [2.05, 4.69) is 6.92 Å². The molecule has 2 atom stereocenters. The third-order valence-corrected chi connectivity index (χ3v) is 6.50. The fourth-order valence-corrected chi connectivity index (χ4v) is 4.38. The van der Waals surface area contributed by atoms with Gasteiger partial charge in [-0.1, -0.05) is 30.7 Å². The van der Waals surface area contributed by atoms with E-state index in [4.69, 9.17) is 25.8 Å². The molecule has 0 N–H and O–H groups in total. The Morgan fingerprint density at radius 3 is 2.34 bits per heavy atom. The Hall–Kier alpha value is -3.51. The molecule has 1 amide bonds. The first-order chi connectivity index (χ1) is 16.9. The Labute approximate surface area is 210 Å². The van der Waals surface area contributed by atoms with E-state index in [0.29, 0.717) is 27.8 Å². The van der Waals surface area contributed by atoms with Crippen molar-refractivity contribution in [3.63, 3.8) is 0 Å². The molecular weight excluding hydrogens is 466 g/mol. The van der Waals surface area contributed by atoms with Crippen molar-refractivity contribution in [2.24, 2.45) is 0 Å². The van der Waals surface area contributed by atoms with Crippen LogP contribution in [0.15, 0.2) is 60.7 Å². The number of anilines is 1. The van der Waals surface area contributed by atoms with Gasteiger partial charge in [-0.25, -0.2) is 4.79 Å². The van der Waals surface area contributed by atoms with Gasteiger partial charge >= 0.3 is 5.97 Å². The summed E-state index contributed by atoms with van der Waals surface area (Å²) in [7, 11) is 2.94. The minimum absolute atomic E-state index is 0.00289. The molecule has 0 aromatic heterocycles. The van der Waals surface area contributed by atoms with E-state index in [-0.39, 0.29) is 18.4 Å². The number of carbonyl (C=O) groups excluding carboxylic acids is 2. The predicted octanol–water partition coefficient (Wildman–Crippen LogP) is 5.99. The van der Waals surface area contributed by atoms with Crippen LogP contribution in [0.5, 0.6) is 11.5 Å². The first-order valence-corrected chi connectivity index (χ1v) is 11.9. The number of carbonyl (C=O) groups is 2. The molecule has 1 aliphatic rings. The molecule has 3 aromatic rings. The van der Waals surface area contributed by atoms with E-state index < -0.39 is 12.0 Å². The maximum absolute atomic E-state index is 13.5. The quantitative estimate of drug-likeness (QED) is 0.378. The van der Waals surface area contributed by atoms with Crippen LogP contribution in [0, 0.1) is 0 Å². The van der Waals surface area contributed by atoms with Crippen LogP contribution in [-0.4, -0.2) is 32.2 Å². The van der Waals surface area contributed by atoms with Gasteiger partial charge in [-0.3, -0.25) is 4.79 Å². The average Bonchev–Trinajstić information content (AvgIpc) is 2.88. The summed E-state index contributed by atoms with van der Waals surface area (Å²) < 4.78 is 16.6. The van der Waals surface area contributed by atoms with Crippen LogP contribution in [0.2, 0.25) is 5.02 Å². The second-order valence-electron chi connectivity index (χ2n) is 8.47. The van der Waals surface area contributed by atoms with Crippen LogP contribution in [0.1, 0.15) is 53.4 Å². The Bertz CT molecular complexity index is 1220. The van der Waals surface area contributed by atoms with Gasteiger partial charge in [0.2, 0.25) is 5.91 Å². The Morgan fingerprint density at radius 2 is 1.74 bits per heavy atom. The predicted molar refractivity (Wildman–Crippen MR) is 136 cm³/mol. The third-order valence-electron chi connectivity index (χ3n) is 6.24. The molecular formula is C28H28ClNO5. The van der Waals surface area contributed by atoms with Crippen molar-refractivity contribution in [3.05, 3.63) is 87.9 Å². The number of ether oxygens (including phenoxy) is 3. The lowest BCUT2D eigenvalue weighted by atomic mass is 9.86. The van der Waals surface area contributed by atoms with Crippen molar-refractivity contribution in [1.82, 2.24) is 0 Å². The van der Waals surface area contributed by atoms with Gasteiger partial charge in [0.1, 0.15) is 0 Å². The monoisotopic (exact) mass is 493 g/mol. The van der Waals surface area contributed by atoms with Crippen LogP contribution >= 0.6 is 11.6 Å². The number of fused-ring (bicyclic) bond motifs is 1. The number of amides is 1. The van der Waals surface area contributed by atoms with Crippen LogP contribution < -0.4 is 14.4 Å². The highest BCUT2D eigenvalue weighted by Gasteiger charge is 2.36. The molecule has 0 aliphatic carbocycles. The molecule has 1 unspecified atom stereocenters. The first kappa shape index (κ1) is 24.6. The molecule has 0 radical (unpaired) electrons.